The number of carbonyl (C=O) groups is 1. The summed E-state index contributed by atoms with van der Waals surface area (Å²) < 4.78 is 0. The molecule has 1 aromatic carbocycles. The summed E-state index contributed by atoms with van der Waals surface area (Å²) in [7, 11) is 0. The molecule has 1 fully saturated rings. The van der Waals surface area contributed by atoms with Crippen molar-refractivity contribution in [3.05, 3.63) is 29.8 Å². The fourth-order valence-electron chi connectivity index (χ4n) is 2.33. The number of carbonyl (C=O) groups excluding carboxylic acids is 1. The first-order valence-electron chi connectivity index (χ1n) is 6.11. The maximum atomic E-state index is 10.8. The van der Waals surface area contributed by atoms with Crippen molar-refractivity contribution < 1.29 is 4.79 Å². The van der Waals surface area contributed by atoms with Crippen LogP contribution in [0, 0.1) is 5.92 Å². The monoisotopic (exact) mass is 249 g/mol. The molecule has 2 rings (SSSR count). The van der Waals surface area contributed by atoms with Gasteiger partial charge in [0, 0.05) is 30.4 Å². The van der Waals surface area contributed by atoms with Crippen LogP contribution in [0.4, 0.5) is 5.69 Å². The Kier molecular flexibility index (Phi) is 4.49. The molecule has 17 heavy (non-hydrogen) atoms. The first-order valence-corrected chi connectivity index (χ1v) is 7.51. The van der Waals surface area contributed by atoms with E-state index in [2.05, 4.69) is 35.4 Å². The number of benzene rings is 1. The Labute approximate surface area is 107 Å². The fourth-order valence-corrected chi connectivity index (χ4v) is 2.85. The molecule has 0 aromatic heterocycles. The number of anilines is 1. The van der Waals surface area contributed by atoms with Crippen molar-refractivity contribution in [3.63, 3.8) is 0 Å². The summed E-state index contributed by atoms with van der Waals surface area (Å²) in [6, 6.07) is 8.74. The summed E-state index contributed by atoms with van der Waals surface area (Å²) in [4.78, 5) is 13.2. The summed E-state index contributed by atoms with van der Waals surface area (Å²) in [5, 5.41) is 0. The molecule has 0 saturated carbocycles. The van der Waals surface area contributed by atoms with Gasteiger partial charge in [0.1, 0.15) is 6.29 Å². The lowest BCUT2D eigenvalue weighted by Gasteiger charge is -2.32. The first kappa shape index (κ1) is 12.5. The summed E-state index contributed by atoms with van der Waals surface area (Å²) in [6.07, 6.45) is 5.39. The lowest BCUT2D eigenvalue weighted by Crippen LogP contribution is -2.35. The predicted octanol–water partition coefficient (Wildman–Crippen LogP) is 2.96. The van der Waals surface area contributed by atoms with Crippen LogP contribution in [-0.4, -0.2) is 25.6 Å². The van der Waals surface area contributed by atoms with Crippen molar-refractivity contribution in [2.45, 2.75) is 18.6 Å². The molecule has 0 amide bonds. The van der Waals surface area contributed by atoms with E-state index in [0.717, 1.165) is 38.0 Å². The van der Waals surface area contributed by atoms with E-state index in [1.165, 1.54) is 11.3 Å². The zero-order valence-electron chi connectivity index (χ0n) is 10.3. The Morgan fingerprint density at radius 1 is 1.41 bits per heavy atom. The molecule has 1 aliphatic heterocycles. The van der Waals surface area contributed by atoms with Gasteiger partial charge in [0.25, 0.3) is 0 Å². The van der Waals surface area contributed by atoms with Gasteiger partial charge in [-0.05, 0) is 36.8 Å². The van der Waals surface area contributed by atoms with Crippen LogP contribution in [0.25, 0.3) is 0 Å². The molecule has 0 aliphatic carbocycles. The van der Waals surface area contributed by atoms with Crippen molar-refractivity contribution in [2.75, 3.05) is 24.2 Å². The molecule has 3 heteroatoms. The second-order valence-corrected chi connectivity index (χ2v) is 5.45. The topological polar surface area (TPSA) is 20.3 Å². The van der Waals surface area contributed by atoms with Crippen LogP contribution >= 0.6 is 11.8 Å². The highest BCUT2D eigenvalue weighted by Crippen LogP contribution is 2.23. The molecule has 0 radical (unpaired) electrons. The van der Waals surface area contributed by atoms with Crippen molar-refractivity contribution in [1.29, 1.82) is 0 Å². The van der Waals surface area contributed by atoms with Gasteiger partial charge in [0.15, 0.2) is 0 Å². The highest BCUT2D eigenvalue weighted by molar-refractivity contribution is 7.97. The average Bonchev–Trinajstić information content (AvgIpc) is 2.40. The van der Waals surface area contributed by atoms with Crippen LogP contribution in [-0.2, 0) is 10.5 Å². The molecule has 1 aromatic rings. The third-order valence-electron chi connectivity index (χ3n) is 3.26. The Morgan fingerprint density at radius 3 is 2.82 bits per heavy atom. The van der Waals surface area contributed by atoms with Crippen LogP contribution in [0.2, 0.25) is 0 Å². The number of hydrogen-bond acceptors (Lipinski definition) is 3. The molecule has 1 aliphatic rings. The maximum Gasteiger partial charge on any atom is 0.124 e. The number of nitrogens with zero attached hydrogens (tertiary/aromatic N) is 1. The number of thioether (sulfide) groups is 1. The van der Waals surface area contributed by atoms with Gasteiger partial charge in [-0.1, -0.05) is 12.1 Å². The lowest BCUT2D eigenvalue weighted by molar-refractivity contribution is -0.111. The van der Waals surface area contributed by atoms with E-state index in [9.17, 15) is 4.79 Å². The van der Waals surface area contributed by atoms with Crippen LogP contribution < -0.4 is 4.90 Å². The Morgan fingerprint density at radius 2 is 2.18 bits per heavy atom. The van der Waals surface area contributed by atoms with Gasteiger partial charge in [-0.3, -0.25) is 0 Å². The van der Waals surface area contributed by atoms with E-state index in [4.69, 9.17) is 0 Å². The van der Waals surface area contributed by atoms with Gasteiger partial charge in [-0.15, -0.1) is 0 Å². The number of piperidine rings is 1. The van der Waals surface area contributed by atoms with E-state index >= 15 is 0 Å². The number of hydrogen-bond donors (Lipinski definition) is 0. The lowest BCUT2D eigenvalue weighted by atomic mass is 9.99. The Balaban J connectivity index is 2.03. The van der Waals surface area contributed by atoms with E-state index in [1.807, 2.05) is 11.8 Å². The molecule has 1 unspecified atom stereocenters. The Bertz CT molecular complexity index is 363. The normalized spacial score (nSPS) is 20.3. The summed E-state index contributed by atoms with van der Waals surface area (Å²) in [5.41, 5.74) is 2.62. The fraction of sp³-hybridized carbons (Fsp3) is 0.500. The van der Waals surface area contributed by atoms with E-state index in [-0.39, 0.29) is 5.92 Å². The van der Waals surface area contributed by atoms with Gasteiger partial charge >= 0.3 is 0 Å². The molecule has 0 bridgehead atoms. The van der Waals surface area contributed by atoms with Crippen molar-refractivity contribution in [2.24, 2.45) is 5.92 Å². The van der Waals surface area contributed by atoms with Crippen molar-refractivity contribution >= 4 is 23.7 Å². The first-order chi connectivity index (χ1) is 8.33. The SMILES string of the molecule is CSCc1ccc(N2CCCC(C=O)C2)cc1. The molecule has 0 spiro atoms. The zero-order valence-corrected chi connectivity index (χ0v) is 11.1. The van der Waals surface area contributed by atoms with Crippen LogP contribution in [0.1, 0.15) is 18.4 Å². The molecule has 1 heterocycles. The number of aldehydes is 1. The molecule has 92 valence electrons. The summed E-state index contributed by atoms with van der Waals surface area (Å²) in [6.45, 7) is 1.96. The third kappa shape index (κ3) is 3.25. The van der Waals surface area contributed by atoms with Crippen LogP contribution in [0.5, 0.6) is 0 Å². The zero-order chi connectivity index (χ0) is 12.1. The molecular formula is C14H19NOS. The molecule has 1 saturated heterocycles. The van der Waals surface area contributed by atoms with Crippen molar-refractivity contribution in [3.8, 4) is 0 Å². The van der Waals surface area contributed by atoms with Crippen LogP contribution in [0.15, 0.2) is 24.3 Å². The smallest absolute Gasteiger partial charge is 0.124 e. The van der Waals surface area contributed by atoms with Crippen LogP contribution in [0.3, 0.4) is 0 Å². The van der Waals surface area contributed by atoms with E-state index in [1.54, 1.807) is 0 Å². The third-order valence-corrected chi connectivity index (χ3v) is 3.88. The summed E-state index contributed by atoms with van der Waals surface area (Å²) in [5.74, 6) is 1.28. The second-order valence-electron chi connectivity index (χ2n) is 4.58. The van der Waals surface area contributed by atoms with Gasteiger partial charge in [0.05, 0.1) is 0 Å². The Hall–Kier alpha value is -0.960. The minimum absolute atomic E-state index is 0.217. The summed E-state index contributed by atoms with van der Waals surface area (Å²) >= 11 is 1.84. The molecule has 0 N–H and O–H groups in total. The van der Waals surface area contributed by atoms with E-state index < -0.39 is 0 Å². The standard InChI is InChI=1S/C14H19NOS/c1-17-11-12-4-6-14(7-5-12)15-8-2-3-13(9-15)10-16/h4-7,10,13H,2-3,8-9,11H2,1H3. The minimum atomic E-state index is 0.217. The molecular weight excluding hydrogens is 230 g/mol. The van der Waals surface area contributed by atoms with E-state index in [0.29, 0.717) is 0 Å². The minimum Gasteiger partial charge on any atom is -0.371 e. The molecule has 2 nitrogen and oxygen atoms in total. The maximum absolute atomic E-state index is 10.8. The average molecular weight is 249 g/mol. The van der Waals surface area contributed by atoms with Gasteiger partial charge in [-0.25, -0.2) is 0 Å². The molecule has 1 atom stereocenters. The quantitative estimate of drug-likeness (QED) is 0.765. The highest BCUT2D eigenvalue weighted by Gasteiger charge is 2.19. The van der Waals surface area contributed by atoms with Gasteiger partial charge in [-0.2, -0.15) is 11.8 Å². The largest absolute Gasteiger partial charge is 0.371 e. The van der Waals surface area contributed by atoms with Crippen molar-refractivity contribution in [1.82, 2.24) is 0 Å². The highest BCUT2D eigenvalue weighted by atomic mass is 32.2. The van der Waals surface area contributed by atoms with Gasteiger partial charge < -0.3 is 9.69 Å². The predicted molar refractivity (Wildman–Crippen MR) is 74.7 cm³/mol. The number of rotatable bonds is 4. The van der Waals surface area contributed by atoms with Gasteiger partial charge in [0.2, 0.25) is 0 Å². The second kappa shape index (κ2) is 6.10.